The lowest BCUT2D eigenvalue weighted by Crippen LogP contribution is -2.21. The molecule has 1 aromatic carbocycles. The van der Waals surface area contributed by atoms with E-state index in [1.807, 2.05) is 19.2 Å². The Kier molecular flexibility index (Phi) is 6.14. The zero-order valence-corrected chi connectivity index (χ0v) is 13.1. The first-order chi connectivity index (χ1) is 10.3. The van der Waals surface area contributed by atoms with Crippen molar-refractivity contribution < 1.29 is 18.9 Å². The largest absolute Gasteiger partial charge is 0.493 e. The Balaban J connectivity index is 2.11. The first kappa shape index (κ1) is 15.9. The van der Waals surface area contributed by atoms with E-state index in [0.29, 0.717) is 29.8 Å². The number of methoxy groups -OCH3 is 2. The fraction of sp³-hybridized carbons (Fsp3) is 0.625. The molecule has 5 nitrogen and oxygen atoms in total. The van der Waals surface area contributed by atoms with Gasteiger partial charge in [0.05, 0.1) is 20.8 Å². The van der Waals surface area contributed by atoms with Crippen LogP contribution < -0.4 is 19.5 Å². The Morgan fingerprint density at radius 2 is 1.76 bits per heavy atom. The van der Waals surface area contributed by atoms with Crippen molar-refractivity contribution in [3.05, 3.63) is 17.7 Å². The highest BCUT2D eigenvalue weighted by Gasteiger charge is 2.18. The molecular formula is C16H25NO4. The molecule has 0 bridgehead atoms. The lowest BCUT2D eigenvalue weighted by atomic mass is 10.0. The molecule has 0 spiro atoms. The molecule has 0 atom stereocenters. The van der Waals surface area contributed by atoms with Crippen LogP contribution in [0.3, 0.4) is 0 Å². The molecule has 2 rings (SSSR count). The first-order valence-electron chi connectivity index (χ1n) is 7.38. The van der Waals surface area contributed by atoms with E-state index in [2.05, 4.69) is 5.32 Å². The van der Waals surface area contributed by atoms with Gasteiger partial charge in [-0.25, -0.2) is 0 Å². The maximum atomic E-state index is 6.00. The minimum atomic E-state index is 0.533. The second-order valence-corrected chi connectivity index (χ2v) is 5.23. The molecule has 5 heteroatoms. The third kappa shape index (κ3) is 4.25. The van der Waals surface area contributed by atoms with Crippen molar-refractivity contribution >= 4 is 0 Å². The van der Waals surface area contributed by atoms with Gasteiger partial charge in [0.25, 0.3) is 0 Å². The van der Waals surface area contributed by atoms with Gasteiger partial charge in [0.2, 0.25) is 5.75 Å². The average Bonchev–Trinajstić information content (AvgIpc) is 2.54. The normalized spacial score (nSPS) is 15.8. The van der Waals surface area contributed by atoms with Crippen molar-refractivity contribution in [2.45, 2.75) is 19.4 Å². The van der Waals surface area contributed by atoms with Crippen LogP contribution in [0.5, 0.6) is 17.2 Å². The van der Waals surface area contributed by atoms with Crippen LogP contribution in [0.25, 0.3) is 0 Å². The van der Waals surface area contributed by atoms with Crippen LogP contribution in [0.2, 0.25) is 0 Å². The predicted octanol–water partition coefficient (Wildman–Crippen LogP) is 2.23. The Morgan fingerprint density at radius 3 is 2.29 bits per heavy atom. The second-order valence-electron chi connectivity index (χ2n) is 5.23. The van der Waals surface area contributed by atoms with Gasteiger partial charge in [-0.3, -0.25) is 0 Å². The van der Waals surface area contributed by atoms with E-state index in [1.165, 1.54) is 0 Å². The summed E-state index contributed by atoms with van der Waals surface area (Å²) >= 11 is 0. The van der Waals surface area contributed by atoms with Crippen LogP contribution in [0.1, 0.15) is 18.4 Å². The zero-order valence-electron chi connectivity index (χ0n) is 13.1. The molecule has 0 amide bonds. The molecule has 1 aliphatic rings. The SMILES string of the molecule is CNCc1cc(OC)c(OCC2CCOCC2)c(OC)c1. The Morgan fingerprint density at radius 1 is 1.14 bits per heavy atom. The smallest absolute Gasteiger partial charge is 0.203 e. The lowest BCUT2D eigenvalue weighted by Gasteiger charge is -2.23. The highest BCUT2D eigenvalue weighted by Crippen LogP contribution is 2.39. The third-order valence-electron chi connectivity index (χ3n) is 3.71. The van der Waals surface area contributed by atoms with Crippen LogP contribution >= 0.6 is 0 Å². The van der Waals surface area contributed by atoms with E-state index >= 15 is 0 Å². The Labute approximate surface area is 126 Å². The van der Waals surface area contributed by atoms with Crippen LogP contribution in [0, 0.1) is 5.92 Å². The van der Waals surface area contributed by atoms with E-state index in [9.17, 15) is 0 Å². The van der Waals surface area contributed by atoms with Crippen LogP contribution in [0.4, 0.5) is 0 Å². The highest BCUT2D eigenvalue weighted by atomic mass is 16.5. The predicted molar refractivity (Wildman–Crippen MR) is 81.3 cm³/mol. The number of rotatable bonds is 7. The maximum absolute atomic E-state index is 6.00. The standard InChI is InChI=1S/C16H25NO4/c1-17-10-13-8-14(18-2)16(15(9-13)19-3)21-11-12-4-6-20-7-5-12/h8-9,12,17H,4-7,10-11H2,1-3H3. The summed E-state index contributed by atoms with van der Waals surface area (Å²) in [5, 5.41) is 3.12. The minimum Gasteiger partial charge on any atom is -0.493 e. The lowest BCUT2D eigenvalue weighted by molar-refractivity contribution is 0.0489. The van der Waals surface area contributed by atoms with Gasteiger partial charge in [-0.15, -0.1) is 0 Å². The molecule has 1 saturated heterocycles. The van der Waals surface area contributed by atoms with Crippen molar-refractivity contribution in [1.82, 2.24) is 5.32 Å². The van der Waals surface area contributed by atoms with Crippen molar-refractivity contribution in [1.29, 1.82) is 0 Å². The van der Waals surface area contributed by atoms with Gasteiger partial charge >= 0.3 is 0 Å². The van der Waals surface area contributed by atoms with E-state index in [4.69, 9.17) is 18.9 Å². The average molecular weight is 295 g/mol. The summed E-state index contributed by atoms with van der Waals surface area (Å²) < 4.78 is 22.3. The molecule has 118 valence electrons. The number of nitrogens with one attached hydrogen (secondary N) is 1. The first-order valence-corrected chi connectivity index (χ1v) is 7.38. The molecule has 1 heterocycles. The highest BCUT2D eigenvalue weighted by molar-refractivity contribution is 5.53. The van der Waals surface area contributed by atoms with Gasteiger partial charge in [0, 0.05) is 19.8 Å². The molecule has 0 saturated carbocycles. The summed E-state index contributed by atoms with van der Waals surface area (Å²) in [6, 6.07) is 3.97. The van der Waals surface area contributed by atoms with E-state index in [-0.39, 0.29) is 0 Å². The molecule has 0 aliphatic carbocycles. The van der Waals surface area contributed by atoms with Crippen LogP contribution in [-0.2, 0) is 11.3 Å². The van der Waals surface area contributed by atoms with Gasteiger partial charge in [-0.05, 0) is 43.5 Å². The molecule has 1 aromatic rings. The topological polar surface area (TPSA) is 49.0 Å². The molecule has 21 heavy (non-hydrogen) atoms. The van der Waals surface area contributed by atoms with Gasteiger partial charge in [0.1, 0.15) is 0 Å². The second kappa shape index (κ2) is 8.10. The molecule has 0 aromatic heterocycles. The van der Waals surface area contributed by atoms with E-state index in [0.717, 1.165) is 38.2 Å². The van der Waals surface area contributed by atoms with Crippen molar-refractivity contribution in [2.75, 3.05) is 41.1 Å². The molecule has 0 unspecified atom stereocenters. The molecular weight excluding hydrogens is 270 g/mol. The molecule has 0 radical (unpaired) electrons. The zero-order chi connectivity index (χ0) is 15.1. The van der Waals surface area contributed by atoms with Gasteiger partial charge < -0.3 is 24.3 Å². The van der Waals surface area contributed by atoms with Gasteiger partial charge in [-0.2, -0.15) is 0 Å². The number of benzene rings is 1. The van der Waals surface area contributed by atoms with Gasteiger partial charge in [-0.1, -0.05) is 0 Å². The molecule has 1 fully saturated rings. The van der Waals surface area contributed by atoms with Crippen LogP contribution in [-0.4, -0.2) is 41.1 Å². The fourth-order valence-electron chi connectivity index (χ4n) is 2.50. The fourth-order valence-corrected chi connectivity index (χ4v) is 2.50. The monoisotopic (exact) mass is 295 g/mol. The maximum Gasteiger partial charge on any atom is 0.203 e. The quantitative estimate of drug-likeness (QED) is 0.836. The Hall–Kier alpha value is -1.46. The van der Waals surface area contributed by atoms with Crippen molar-refractivity contribution in [3.8, 4) is 17.2 Å². The van der Waals surface area contributed by atoms with E-state index in [1.54, 1.807) is 14.2 Å². The molecule has 1 aliphatic heterocycles. The molecule has 1 N–H and O–H groups in total. The number of hydrogen-bond acceptors (Lipinski definition) is 5. The third-order valence-corrected chi connectivity index (χ3v) is 3.71. The summed E-state index contributed by atoms with van der Waals surface area (Å²) in [6.07, 6.45) is 2.09. The summed E-state index contributed by atoms with van der Waals surface area (Å²) in [7, 11) is 5.22. The van der Waals surface area contributed by atoms with Gasteiger partial charge in [0.15, 0.2) is 11.5 Å². The number of ether oxygens (including phenoxy) is 4. The van der Waals surface area contributed by atoms with Crippen molar-refractivity contribution in [2.24, 2.45) is 5.92 Å². The summed E-state index contributed by atoms with van der Waals surface area (Å²) in [6.45, 7) is 3.07. The summed E-state index contributed by atoms with van der Waals surface area (Å²) in [4.78, 5) is 0. The van der Waals surface area contributed by atoms with Crippen molar-refractivity contribution in [3.63, 3.8) is 0 Å². The van der Waals surface area contributed by atoms with Crippen LogP contribution in [0.15, 0.2) is 12.1 Å². The number of hydrogen-bond donors (Lipinski definition) is 1. The minimum absolute atomic E-state index is 0.533. The summed E-state index contributed by atoms with van der Waals surface area (Å²) in [5.41, 5.74) is 1.10. The summed E-state index contributed by atoms with van der Waals surface area (Å²) in [5.74, 6) is 2.65. The van der Waals surface area contributed by atoms with E-state index < -0.39 is 0 Å². The Bertz CT molecular complexity index is 419.